The molecule has 1 aromatic rings. The SMILES string of the molecule is CCOC(=O)C1CN(c2ccc(OC)c(OC)c2)CC1=O. The van der Waals surface area contributed by atoms with E-state index in [1.54, 1.807) is 33.3 Å². The number of esters is 1. The largest absolute Gasteiger partial charge is 0.493 e. The maximum atomic E-state index is 12.0. The quantitative estimate of drug-likeness (QED) is 0.602. The average molecular weight is 293 g/mol. The van der Waals surface area contributed by atoms with Crippen LogP contribution in [0.25, 0.3) is 0 Å². The Balaban J connectivity index is 2.17. The Morgan fingerprint density at radius 1 is 1.29 bits per heavy atom. The lowest BCUT2D eigenvalue weighted by Gasteiger charge is -2.19. The van der Waals surface area contributed by atoms with Gasteiger partial charge in [-0.1, -0.05) is 0 Å². The standard InChI is InChI=1S/C15H19NO5/c1-4-21-15(18)11-8-16(9-12(11)17)10-5-6-13(19-2)14(7-10)20-3/h5-7,11H,4,8-9H2,1-3H3. The van der Waals surface area contributed by atoms with Gasteiger partial charge in [-0.15, -0.1) is 0 Å². The van der Waals surface area contributed by atoms with Crippen molar-refractivity contribution in [1.29, 1.82) is 0 Å². The van der Waals surface area contributed by atoms with Gasteiger partial charge in [-0.3, -0.25) is 9.59 Å². The zero-order chi connectivity index (χ0) is 15.4. The first kappa shape index (κ1) is 15.2. The third-order valence-electron chi connectivity index (χ3n) is 3.44. The maximum Gasteiger partial charge on any atom is 0.318 e. The number of hydrogen-bond acceptors (Lipinski definition) is 6. The predicted octanol–water partition coefficient (Wildman–Crippen LogP) is 1.27. The molecule has 1 aromatic carbocycles. The van der Waals surface area contributed by atoms with Gasteiger partial charge in [0.2, 0.25) is 0 Å². The molecule has 0 radical (unpaired) electrons. The summed E-state index contributed by atoms with van der Waals surface area (Å²) in [6.45, 7) is 2.52. The van der Waals surface area contributed by atoms with Crippen LogP contribution in [0.2, 0.25) is 0 Å². The first-order chi connectivity index (χ1) is 10.1. The maximum absolute atomic E-state index is 12.0. The smallest absolute Gasteiger partial charge is 0.318 e. The minimum Gasteiger partial charge on any atom is -0.493 e. The van der Waals surface area contributed by atoms with Crippen molar-refractivity contribution in [3.8, 4) is 11.5 Å². The molecule has 0 amide bonds. The zero-order valence-corrected chi connectivity index (χ0v) is 12.4. The van der Waals surface area contributed by atoms with Crippen LogP contribution in [-0.2, 0) is 14.3 Å². The van der Waals surface area contributed by atoms with Gasteiger partial charge in [0, 0.05) is 18.3 Å². The van der Waals surface area contributed by atoms with E-state index in [2.05, 4.69) is 0 Å². The van der Waals surface area contributed by atoms with Crippen molar-refractivity contribution in [2.75, 3.05) is 38.8 Å². The number of anilines is 1. The lowest BCUT2D eigenvalue weighted by atomic mass is 10.1. The van der Waals surface area contributed by atoms with E-state index >= 15 is 0 Å². The fourth-order valence-electron chi connectivity index (χ4n) is 2.35. The number of benzene rings is 1. The van der Waals surface area contributed by atoms with Crippen LogP contribution in [0.4, 0.5) is 5.69 Å². The zero-order valence-electron chi connectivity index (χ0n) is 12.4. The summed E-state index contributed by atoms with van der Waals surface area (Å²) in [5.74, 6) is -0.0810. The number of carbonyl (C=O) groups is 2. The summed E-state index contributed by atoms with van der Waals surface area (Å²) >= 11 is 0. The molecular weight excluding hydrogens is 274 g/mol. The van der Waals surface area contributed by atoms with Crippen molar-refractivity contribution < 1.29 is 23.8 Å². The molecular formula is C15H19NO5. The van der Waals surface area contributed by atoms with Crippen molar-refractivity contribution >= 4 is 17.4 Å². The van der Waals surface area contributed by atoms with Crippen molar-refractivity contribution in [1.82, 2.24) is 0 Å². The Hall–Kier alpha value is -2.24. The molecule has 6 nitrogen and oxygen atoms in total. The number of carbonyl (C=O) groups excluding carboxylic acids is 2. The molecule has 21 heavy (non-hydrogen) atoms. The van der Waals surface area contributed by atoms with Gasteiger partial charge in [-0.25, -0.2) is 0 Å². The molecule has 0 bridgehead atoms. The van der Waals surface area contributed by atoms with Gasteiger partial charge in [-0.05, 0) is 19.1 Å². The normalized spacial score (nSPS) is 17.8. The third kappa shape index (κ3) is 3.09. The summed E-state index contributed by atoms with van der Waals surface area (Å²) in [4.78, 5) is 25.5. The lowest BCUT2D eigenvalue weighted by Crippen LogP contribution is -2.25. The van der Waals surface area contributed by atoms with Crippen LogP contribution in [0, 0.1) is 5.92 Å². The van der Waals surface area contributed by atoms with E-state index in [0.717, 1.165) is 5.69 Å². The van der Waals surface area contributed by atoms with Crippen LogP contribution < -0.4 is 14.4 Å². The summed E-state index contributed by atoms with van der Waals surface area (Å²) in [7, 11) is 3.12. The summed E-state index contributed by atoms with van der Waals surface area (Å²) in [6, 6.07) is 5.40. The molecule has 1 fully saturated rings. The van der Waals surface area contributed by atoms with Crippen LogP contribution in [0.5, 0.6) is 11.5 Å². The first-order valence-electron chi connectivity index (χ1n) is 6.77. The third-order valence-corrected chi connectivity index (χ3v) is 3.44. The molecule has 1 aliphatic heterocycles. The van der Waals surface area contributed by atoms with Gasteiger partial charge in [0.25, 0.3) is 0 Å². The monoisotopic (exact) mass is 293 g/mol. The molecule has 0 aliphatic carbocycles. The van der Waals surface area contributed by atoms with Crippen LogP contribution in [0.3, 0.4) is 0 Å². The second kappa shape index (κ2) is 6.47. The Morgan fingerprint density at radius 2 is 2.00 bits per heavy atom. The van der Waals surface area contributed by atoms with E-state index in [0.29, 0.717) is 18.0 Å². The Labute approximate surface area is 123 Å². The fraction of sp³-hybridized carbons (Fsp3) is 0.467. The number of ketones is 1. The second-order valence-electron chi connectivity index (χ2n) is 4.69. The van der Waals surface area contributed by atoms with Crippen molar-refractivity contribution in [3.63, 3.8) is 0 Å². The summed E-state index contributed by atoms with van der Waals surface area (Å²) in [5, 5.41) is 0. The van der Waals surface area contributed by atoms with Gasteiger partial charge < -0.3 is 19.1 Å². The van der Waals surface area contributed by atoms with Gasteiger partial charge in [0.15, 0.2) is 17.3 Å². The highest BCUT2D eigenvalue weighted by Crippen LogP contribution is 2.33. The minimum absolute atomic E-state index is 0.122. The topological polar surface area (TPSA) is 65.1 Å². The number of methoxy groups -OCH3 is 2. The van der Waals surface area contributed by atoms with Crippen molar-refractivity contribution in [2.45, 2.75) is 6.92 Å². The number of Topliss-reactive ketones (excluding diaryl/α,β-unsaturated/α-hetero) is 1. The van der Waals surface area contributed by atoms with E-state index in [9.17, 15) is 9.59 Å². The number of hydrogen-bond donors (Lipinski definition) is 0. The van der Waals surface area contributed by atoms with Crippen molar-refractivity contribution in [2.24, 2.45) is 5.92 Å². The number of ether oxygens (including phenoxy) is 3. The first-order valence-corrected chi connectivity index (χ1v) is 6.77. The molecule has 114 valence electrons. The van der Waals surface area contributed by atoms with E-state index in [4.69, 9.17) is 14.2 Å². The Kier molecular flexibility index (Phi) is 4.67. The van der Waals surface area contributed by atoms with Crippen LogP contribution >= 0.6 is 0 Å². The Morgan fingerprint density at radius 3 is 2.62 bits per heavy atom. The van der Waals surface area contributed by atoms with E-state index in [-0.39, 0.29) is 18.9 Å². The highest BCUT2D eigenvalue weighted by molar-refractivity contribution is 6.04. The van der Waals surface area contributed by atoms with E-state index in [1.807, 2.05) is 11.0 Å². The van der Waals surface area contributed by atoms with Gasteiger partial charge in [0.05, 0.1) is 27.4 Å². The summed E-state index contributed by atoms with van der Waals surface area (Å²) in [6.07, 6.45) is 0. The molecule has 0 aromatic heterocycles. The van der Waals surface area contributed by atoms with Crippen LogP contribution in [-0.4, -0.2) is 45.7 Å². The number of nitrogens with zero attached hydrogens (tertiary/aromatic N) is 1. The molecule has 1 atom stereocenters. The Bertz CT molecular complexity index is 543. The molecule has 6 heteroatoms. The molecule has 0 spiro atoms. The second-order valence-corrected chi connectivity index (χ2v) is 4.69. The van der Waals surface area contributed by atoms with Gasteiger partial charge in [-0.2, -0.15) is 0 Å². The highest BCUT2D eigenvalue weighted by Gasteiger charge is 2.37. The molecule has 1 unspecified atom stereocenters. The molecule has 2 rings (SSSR count). The van der Waals surface area contributed by atoms with Crippen LogP contribution in [0.15, 0.2) is 18.2 Å². The van der Waals surface area contributed by atoms with E-state index < -0.39 is 11.9 Å². The molecule has 1 saturated heterocycles. The minimum atomic E-state index is -0.710. The average Bonchev–Trinajstić information content (AvgIpc) is 2.88. The molecule has 1 heterocycles. The lowest BCUT2D eigenvalue weighted by molar-refractivity contribution is -0.149. The molecule has 0 saturated carbocycles. The summed E-state index contributed by atoms with van der Waals surface area (Å²) < 4.78 is 15.4. The van der Waals surface area contributed by atoms with Gasteiger partial charge in [0.1, 0.15) is 5.92 Å². The number of rotatable bonds is 5. The van der Waals surface area contributed by atoms with Crippen LogP contribution in [0.1, 0.15) is 6.92 Å². The summed E-state index contributed by atoms with van der Waals surface area (Å²) in [5.41, 5.74) is 0.813. The fourth-order valence-corrected chi connectivity index (χ4v) is 2.35. The van der Waals surface area contributed by atoms with Gasteiger partial charge >= 0.3 is 5.97 Å². The van der Waals surface area contributed by atoms with E-state index in [1.165, 1.54) is 0 Å². The molecule has 1 aliphatic rings. The predicted molar refractivity (Wildman–Crippen MR) is 76.9 cm³/mol. The highest BCUT2D eigenvalue weighted by atomic mass is 16.5. The van der Waals surface area contributed by atoms with Crippen molar-refractivity contribution in [3.05, 3.63) is 18.2 Å². The molecule has 0 N–H and O–H groups in total.